The number of likely N-dealkylation sites (tertiary alicyclic amines) is 1. The molecule has 8 heteroatoms. The lowest BCUT2D eigenvalue weighted by Gasteiger charge is -2.24. The standard InChI is InChI=1S/C22H25Cl2N3O3/c1-14-5-8-20(30-2)18(10-14)26-21(28)12-25-22(29)13-27-9-3-4-19(27)15-6-7-16(23)17(24)11-15/h5-8,10-11,19H,3-4,9,12-13H2,1-2H3,(H,25,29)(H,26,28). The third-order valence-electron chi connectivity index (χ3n) is 5.11. The number of nitrogens with one attached hydrogen (secondary N) is 2. The zero-order valence-electron chi connectivity index (χ0n) is 17.0. The van der Waals surface area contributed by atoms with Crippen LogP contribution < -0.4 is 15.4 Å². The van der Waals surface area contributed by atoms with Gasteiger partial charge in [0, 0.05) is 6.04 Å². The van der Waals surface area contributed by atoms with Crippen LogP contribution in [-0.2, 0) is 9.59 Å². The summed E-state index contributed by atoms with van der Waals surface area (Å²) in [5.74, 6) is 0.0600. The minimum atomic E-state index is -0.310. The number of anilines is 1. The summed E-state index contributed by atoms with van der Waals surface area (Å²) < 4.78 is 5.26. The van der Waals surface area contributed by atoms with Gasteiger partial charge in [-0.25, -0.2) is 0 Å². The predicted octanol–water partition coefficient (Wildman–Crippen LogP) is 4.20. The van der Waals surface area contributed by atoms with Crippen LogP contribution >= 0.6 is 23.2 Å². The zero-order valence-corrected chi connectivity index (χ0v) is 18.5. The Hall–Kier alpha value is -2.28. The molecule has 0 aromatic heterocycles. The largest absolute Gasteiger partial charge is 0.495 e. The van der Waals surface area contributed by atoms with Crippen LogP contribution in [0.5, 0.6) is 5.75 Å². The number of methoxy groups -OCH3 is 1. The lowest BCUT2D eigenvalue weighted by molar-refractivity contribution is -0.125. The Kier molecular flexibility index (Phi) is 7.58. The number of amides is 2. The van der Waals surface area contributed by atoms with E-state index >= 15 is 0 Å². The fraction of sp³-hybridized carbons (Fsp3) is 0.364. The summed E-state index contributed by atoms with van der Waals surface area (Å²) in [6, 6.07) is 11.2. The van der Waals surface area contributed by atoms with Crippen molar-refractivity contribution in [3.05, 3.63) is 57.6 Å². The maximum atomic E-state index is 12.4. The molecule has 30 heavy (non-hydrogen) atoms. The van der Waals surface area contributed by atoms with Crippen LogP contribution in [0, 0.1) is 6.92 Å². The molecule has 1 atom stereocenters. The molecule has 0 saturated carbocycles. The van der Waals surface area contributed by atoms with Crippen LogP contribution in [0.15, 0.2) is 36.4 Å². The maximum absolute atomic E-state index is 12.4. The van der Waals surface area contributed by atoms with Gasteiger partial charge < -0.3 is 15.4 Å². The van der Waals surface area contributed by atoms with Crippen molar-refractivity contribution in [2.75, 3.05) is 32.1 Å². The Bertz CT molecular complexity index is 936. The third-order valence-corrected chi connectivity index (χ3v) is 5.85. The molecule has 2 aromatic carbocycles. The number of carbonyl (C=O) groups is 2. The van der Waals surface area contributed by atoms with Gasteiger partial charge in [-0.05, 0) is 61.7 Å². The van der Waals surface area contributed by atoms with E-state index in [0.717, 1.165) is 30.5 Å². The van der Waals surface area contributed by atoms with Gasteiger partial charge in [-0.15, -0.1) is 0 Å². The molecule has 1 aliphatic heterocycles. The Morgan fingerprint density at radius 3 is 2.67 bits per heavy atom. The third kappa shape index (κ3) is 5.65. The van der Waals surface area contributed by atoms with Crippen LogP contribution in [0.3, 0.4) is 0 Å². The first-order valence-electron chi connectivity index (χ1n) is 9.77. The van der Waals surface area contributed by atoms with Crippen molar-refractivity contribution in [1.82, 2.24) is 10.2 Å². The molecule has 0 bridgehead atoms. The molecule has 1 aliphatic rings. The van der Waals surface area contributed by atoms with Crippen LogP contribution in [-0.4, -0.2) is 43.5 Å². The highest BCUT2D eigenvalue weighted by Gasteiger charge is 2.28. The molecular weight excluding hydrogens is 425 g/mol. The number of carbonyl (C=O) groups excluding carboxylic acids is 2. The van der Waals surface area contributed by atoms with Crippen molar-refractivity contribution < 1.29 is 14.3 Å². The number of hydrogen-bond acceptors (Lipinski definition) is 4. The fourth-order valence-electron chi connectivity index (χ4n) is 3.65. The van der Waals surface area contributed by atoms with E-state index in [2.05, 4.69) is 15.5 Å². The minimum absolute atomic E-state index is 0.107. The quantitative estimate of drug-likeness (QED) is 0.664. The van der Waals surface area contributed by atoms with Gasteiger partial charge in [-0.2, -0.15) is 0 Å². The Morgan fingerprint density at radius 2 is 1.93 bits per heavy atom. The van der Waals surface area contributed by atoms with Crippen molar-refractivity contribution in [2.24, 2.45) is 0 Å². The van der Waals surface area contributed by atoms with Gasteiger partial charge in [0.05, 0.1) is 35.9 Å². The highest BCUT2D eigenvalue weighted by molar-refractivity contribution is 6.42. The Balaban J connectivity index is 1.53. The predicted molar refractivity (Wildman–Crippen MR) is 119 cm³/mol. The summed E-state index contributed by atoms with van der Waals surface area (Å²) in [5.41, 5.74) is 2.62. The highest BCUT2D eigenvalue weighted by Crippen LogP contribution is 2.34. The van der Waals surface area contributed by atoms with Gasteiger partial charge in [0.2, 0.25) is 11.8 Å². The van der Waals surface area contributed by atoms with E-state index in [1.54, 1.807) is 19.2 Å². The van der Waals surface area contributed by atoms with Gasteiger partial charge in [0.15, 0.2) is 0 Å². The highest BCUT2D eigenvalue weighted by atomic mass is 35.5. The van der Waals surface area contributed by atoms with Gasteiger partial charge >= 0.3 is 0 Å². The fourth-order valence-corrected chi connectivity index (χ4v) is 3.95. The number of rotatable bonds is 7. The van der Waals surface area contributed by atoms with Crippen LogP contribution in [0.25, 0.3) is 0 Å². The van der Waals surface area contributed by atoms with E-state index in [4.69, 9.17) is 27.9 Å². The van der Waals surface area contributed by atoms with E-state index in [-0.39, 0.29) is 30.9 Å². The molecule has 1 heterocycles. The van der Waals surface area contributed by atoms with Crippen LogP contribution in [0.1, 0.15) is 30.0 Å². The number of ether oxygens (including phenoxy) is 1. The molecule has 1 fully saturated rings. The molecule has 6 nitrogen and oxygen atoms in total. The van der Waals surface area contributed by atoms with E-state index in [1.807, 2.05) is 31.2 Å². The summed E-state index contributed by atoms with van der Waals surface area (Å²) in [6.45, 7) is 2.84. The number of benzene rings is 2. The van der Waals surface area contributed by atoms with Gasteiger partial charge in [-0.1, -0.05) is 35.3 Å². The molecular formula is C22H25Cl2N3O3. The summed E-state index contributed by atoms with van der Waals surface area (Å²) in [7, 11) is 1.54. The van der Waals surface area contributed by atoms with Crippen LogP contribution in [0.4, 0.5) is 5.69 Å². The SMILES string of the molecule is COc1ccc(C)cc1NC(=O)CNC(=O)CN1CCCC1c1ccc(Cl)c(Cl)c1. The zero-order chi connectivity index (χ0) is 21.7. The summed E-state index contributed by atoms with van der Waals surface area (Å²) >= 11 is 12.2. The molecule has 1 saturated heterocycles. The molecule has 2 aromatic rings. The van der Waals surface area contributed by atoms with Crippen molar-refractivity contribution in [1.29, 1.82) is 0 Å². The smallest absolute Gasteiger partial charge is 0.243 e. The molecule has 0 radical (unpaired) electrons. The molecule has 3 rings (SSSR count). The van der Waals surface area contributed by atoms with E-state index in [9.17, 15) is 9.59 Å². The van der Waals surface area contributed by atoms with Gasteiger partial charge in [-0.3, -0.25) is 14.5 Å². The first kappa shape index (κ1) is 22.4. The van der Waals surface area contributed by atoms with Crippen LogP contribution in [0.2, 0.25) is 10.0 Å². The van der Waals surface area contributed by atoms with E-state index < -0.39 is 0 Å². The maximum Gasteiger partial charge on any atom is 0.243 e. The monoisotopic (exact) mass is 449 g/mol. The van der Waals surface area contributed by atoms with E-state index in [0.29, 0.717) is 21.5 Å². The number of nitrogens with zero attached hydrogens (tertiary/aromatic N) is 1. The molecule has 1 unspecified atom stereocenters. The van der Waals surface area contributed by atoms with Crippen molar-refractivity contribution in [2.45, 2.75) is 25.8 Å². The van der Waals surface area contributed by atoms with Crippen molar-refractivity contribution >= 4 is 40.7 Å². The second kappa shape index (κ2) is 10.2. The minimum Gasteiger partial charge on any atom is -0.495 e. The normalized spacial score (nSPS) is 16.3. The summed E-state index contributed by atoms with van der Waals surface area (Å²) in [4.78, 5) is 26.8. The second-order valence-corrected chi connectivity index (χ2v) is 8.15. The second-order valence-electron chi connectivity index (χ2n) is 7.33. The first-order valence-corrected chi connectivity index (χ1v) is 10.5. The van der Waals surface area contributed by atoms with Gasteiger partial charge in [0.25, 0.3) is 0 Å². The lowest BCUT2D eigenvalue weighted by Crippen LogP contribution is -2.40. The average molecular weight is 450 g/mol. The average Bonchev–Trinajstić information content (AvgIpc) is 3.17. The number of hydrogen-bond donors (Lipinski definition) is 2. The Morgan fingerprint density at radius 1 is 1.13 bits per heavy atom. The molecule has 2 amide bonds. The number of halogens is 2. The van der Waals surface area contributed by atoms with Crippen molar-refractivity contribution in [3.8, 4) is 5.75 Å². The molecule has 2 N–H and O–H groups in total. The number of aryl methyl sites for hydroxylation is 1. The molecule has 0 spiro atoms. The first-order chi connectivity index (χ1) is 14.4. The topological polar surface area (TPSA) is 70.7 Å². The molecule has 0 aliphatic carbocycles. The Labute approximate surface area is 186 Å². The molecule has 160 valence electrons. The van der Waals surface area contributed by atoms with Crippen molar-refractivity contribution in [3.63, 3.8) is 0 Å². The lowest BCUT2D eigenvalue weighted by atomic mass is 10.0. The summed E-state index contributed by atoms with van der Waals surface area (Å²) in [5, 5.41) is 6.49. The summed E-state index contributed by atoms with van der Waals surface area (Å²) in [6.07, 6.45) is 1.94. The van der Waals surface area contributed by atoms with Gasteiger partial charge in [0.1, 0.15) is 5.75 Å². The van der Waals surface area contributed by atoms with E-state index in [1.165, 1.54) is 0 Å².